The molecule has 242 valence electrons. The Balaban J connectivity index is 1.09. The lowest BCUT2D eigenvalue weighted by molar-refractivity contribution is 0.669. The minimum atomic E-state index is 0.900. The van der Waals surface area contributed by atoms with Crippen LogP contribution in [0.15, 0.2) is 186 Å². The molecule has 0 radical (unpaired) electrons. The third kappa shape index (κ3) is 4.36. The van der Waals surface area contributed by atoms with Crippen molar-refractivity contribution in [3.05, 3.63) is 182 Å². The van der Waals surface area contributed by atoms with E-state index in [4.69, 9.17) is 9.40 Å². The highest BCUT2D eigenvalue weighted by atomic mass is 16.3. The third-order valence-electron chi connectivity index (χ3n) is 10.6. The Morgan fingerprint density at radius 2 is 0.942 bits per heavy atom. The maximum atomic E-state index is 6.54. The Labute approximate surface area is 299 Å². The molecule has 0 amide bonds. The molecule has 0 saturated carbocycles. The number of para-hydroxylation sites is 2. The van der Waals surface area contributed by atoms with E-state index in [9.17, 15) is 0 Å². The van der Waals surface area contributed by atoms with Crippen LogP contribution in [0.4, 0.5) is 0 Å². The summed E-state index contributed by atoms with van der Waals surface area (Å²) >= 11 is 0. The van der Waals surface area contributed by atoms with Crippen molar-refractivity contribution >= 4 is 65.3 Å². The molecule has 52 heavy (non-hydrogen) atoms. The number of aromatic nitrogens is 2. The largest absolute Gasteiger partial charge is 0.456 e. The van der Waals surface area contributed by atoms with E-state index < -0.39 is 0 Å². The van der Waals surface area contributed by atoms with Gasteiger partial charge in [0.1, 0.15) is 17.0 Å². The SMILES string of the molecule is c1ccc(-c2nc3ccccc3n2-c2ccc(-c3c4ccccc4c(-c4ccc5c(c4)oc4cc6ccccc6cc45)c4ccccc34)cc2)cc1. The van der Waals surface area contributed by atoms with Crippen LogP contribution in [0.2, 0.25) is 0 Å². The van der Waals surface area contributed by atoms with Gasteiger partial charge in [-0.1, -0.05) is 133 Å². The fourth-order valence-corrected chi connectivity index (χ4v) is 8.21. The summed E-state index contributed by atoms with van der Waals surface area (Å²) in [5.41, 5.74) is 10.8. The van der Waals surface area contributed by atoms with E-state index in [1.54, 1.807) is 0 Å². The van der Waals surface area contributed by atoms with Gasteiger partial charge >= 0.3 is 0 Å². The molecule has 0 spiro atoms. The van der Waals surface area contributed by atoms with Crippen LogP contribution >= 0.6 is 0 Å². The fraction of sp³-hybridized carbons (Fsp3) is 0. The number of rotatable bonds is 4. The van der Waals surface area contributed by atoms with Crippen molar-refractivity contribution < 1.29 is 4.42 Å². The van der Waals surface area contributed by atoms with Gasteiger partial charge in [-0.05, 0) is 103 Å². The van der Waals surface area contributed by atoms with Gasteiger partial charge in [0.15, 0.2) is 0 Å². The van der Waals surface area contributed by atoms with E-state index >= 15 is 0 Å². The van der Waals surface area contributed by atoms with Crippen molar-refractivity contribution in [1.82, 2.24) is 9.55 Å². The average molecular weight is 663 g/mol. The quantitative estimate of drug-likeness (QED) is 0.176. The Morgan fingerprint density at radius 3 is 1.65 bits per heavy atom. The van der Waals surface area contributed by atoms with Crippen LogP contribution in [-0.4, -0.2) is 9.55 Å². The van der Waals surface area contributed by atoms with Crippen LogP contribution < -0.4 is 0 Å². The summed E-state index contributed by atoms with van der Waals surface area (Å²) in [6, 6.07) is 65.0. The lowest BCUT2D eigenvalue weighted by Gasteiger charge is -2.18. The first-order valence-corrected chi connectivity index (χ1v) is 17.7. The monoisotopic (exact) mass is 662 g/mol. The van der Waals surface area contributed by atoms with Crippen LogP contribution in [0.25, 0.3) is 105 Å². The third-order valence-corrected chi connectivity index (χ3v) is 10.6. The normalized spacial score (nSPS) is 11.8. The maximum Gasteiger partial charge on any atom is 0.145 e. The first-order valence-electron chi connectivity index (χ1n) is 17.7. The summed E-state index contributed by atoms with van der Waals surface area (Å²) in [7, 11) is 0. The van der Waals surface area contributed by atoms with Gasteiger partial charge in [0, 0.05) is 22.0 Å². The molecular weight excluding hydrogens is 633 g/mol. The molecule has 9 aromatic carbocycles. The molecule has 11 rings (SSSR count). The molecule has 0 saturated heterocycles. The molecule has 0 aliphatic carbocycles. The highest BCUT2D eigenvalue weighted by Gasteiger charge is 2.19. The molecule has 0 bridgehead atoms. The van der Waals surface area contributed by atoms with E-state index in [0.29, 0.717) is 0 Å². The summed E-state index contributed by atoms with van der Waals surface area (Å²) in [6.07, 6.45) is 0. The molecule has 2 heterocycles. The van der Waals surface area contributed by atoms with E-state index in [1.807, 2.05) is 12.1 Å². The predicted molar refractivity (Wildman–Crippen MR) is 217 cm³/mol. The minimum Gasteiger partial charge on any atom is -0.456 e. The topological polar surface area (TPSA) is 31.0 Å². The van der Waals surface area contributed by atoms with E-state index in [1.165, 1.54) is 49.0 Å². The molecule has 11 aromatic rings. The summed E-state index contributed by atoms with van der Waals surface area (Å²) < 4.78 is 8.81. The average Bonchev–Trinajstić information content (AvgIpc) is 3.77. The van der Waals surface area contributed by atoms with Crippen LogP contribution in [0.3, 0.4) is 0 Å². The summed E-state index contributed by atoms with van der Waals surface area (Å²) in [4.78, 5) is 5.06. The fourth-order valence-electron chi connectivity index (χ4n) is 8.21. The van der Waals surface area contributed by atoms with Gasteiger partial charge in [-0.3, -0.25) is 4.57 Å². The van der Waals surface area contributed by atoms with Gasteiger partial charge in [0.2, 0.25) is 0 Å². The number of furan rings is 1. The highest BCUT2D eigenvalue weighted by Crippen LogP contribution is 2.45. The Morgan fingerprint density at radius 1 is 0.385 bits per heavy atom. The van der Waals surface area contributed by atoms with Gasteiger partial charge in [0.05, 0.1) is 11.0 Å². The van der Waals surface area contributed by atoms with Gasteiger partial charge in [-0.15, -0.1) is 0 Å². The van der Waals surface area contributed by atoms with Crippen molar-refractivity contribution in [3.63, 3.8) is 0 Å². The molecule has 0 N–H and O–H groups in total. The molecule has 0 fully saturated rings. The first-order chi connectivity index (χ1) is 25.8. The number of nitrogens with zero attached hydrogens (tertiary/aromatic N) is 2. The molecule has 3 heteroatoms. The van der Waals surface area contributed by atoms with Crippen molar-refractivity contribution in [2.45, 2.75) is 0 Å². The molecule has 2 aromatic heterocycles. The van der Waals surface area contributed by atoms with Crippen LogP contribution in [0, 0.1) is 0 Å². The first kappa shape index (κ1) is 28.8. The van der Waals surface area contributed by atoms with Crippen molar-refractivity contribution in [3.8, 4) is 39.3 Å². The number of hydrogen-bond donors (Lipinski definition) is 0. The lowest BCUT2D eigenvalue weighted by Crippen LogP contribution is -1.97. The Kier molecular flexibility index (Phi) is 6.25. The molecule has 0 atom stereocenters. The molecule has 0 unspecified atom stereocenters. The second-order valence-electron chi connectivity index (χ2n) is 13.5. The van der Waals surface area contributed by atoms with E-state index in [2.05, 4.69) is 174 Å². The van der Waals surface area contributed by atoms with Gasteiger partial charge in [-0.25, -0.2) is 4.98 Å². The number of fused-ring (bicyclic) bond motifs is 7. The van der Waals surface area contributed by atoms with Crippen LogP contribution in [-0.2, 0) is 0 Å². The smallest absolute Gasteiger partial charge is 0.145 e. The minimum absolute atomic E-state index is 0.900. The number of benzene rings is 9. The number of imidazole rings is 1. The van der Waals surface area contributed by atoms with Crippen molar-refractivity contribution in [1.29, 1.82) is 0 Å². The van der Waals surface area contributed by atoms with Crippen LogP contribution in [0.5, 0.6) is 0 Å². The highest BCUT2D eigenvalue weighted by molar-refractivity contribution is 6.22. The standard InChI is InChI=1S/C49H30N2O/c1-2-12-32(13-3-1)49-50-43-20-10-11-21-44(43)51(49)36-25-22-31(23-26-36)47-38-16-6-8-18-40(38)48(41-19-9-7-17-39(41)47)35-24-27-37-42-28-33-14-4-5-15-34(33)29-46(42)52-45(37)30-35/h1-30H. The maximum absolute atomic E-state index is 6.54. The Bertz CT molecular complexity index is 3110. The van der Waals surface area contributed by atoms with Crippen LogP contribution in [0.1, 0.15) is 0 Å². The zero-order valence-corrected chi connectivity index (χ0v) is 28.1. The number of hydrogen-bond acceptors (Lipinski definition) is 2. The second kappa shape index (κ2) is 11.3. The summed E-state index contributed by atoms with van der Waals surface area (Å²) in [6.45, 7) is 0. The van der Waals surface area contributed by atoms with Gasteiger partial charge < -0.3 is 4.42 Å². The second-order valence-corrected chi connectivity index (χ2v) is 13.5. The predicted octanol–water partition coefficient (Wildman–Crippen LogP) is 13.4. The summed E-state index contributed by atoms with van der Waals surface area (Å²) in [5.74, 6) is 0.935. The van der Waals surface area contributed by atoms with Crippen molar-refractivity contribution in [2.24, 2.45) is 0 Å². The Hall–Kier alpha value is -6.97. The molecule has 0 aliphatic heterocycles. The van der Waals surface area contributed by atoms with E-state index in [-0.39, 0.29) is 0 Å². The lowest BCUT2D eigenvalue weighted by atomic mass is 9.86. The van der Waals surface area contributed by atoms with Crippen molar-refractivity contribution in [2.75, 3.05) is 0 Å². The van der Waals surface area contributed by atoms with E-state index in [0.717, 1.165) is 55.6 Å². The molecular formula is C49H30N2O. The van der Waals surface area contributed by atoms with Gasteiger partial charge in [-0.2, -0.15) is 0 Å². The zero-order chi connectivity index (χ0) is 34.2. The molecule has 0 aliphatic rings. The summed E-state index contributed by atoms with van der Waals surface area (Å²) in [5, 5.41) is 9.56. The molecule has 3 nitrogen and oxygen atoms in total. The zero-order valence-electron chi connectivity index (χ0n) is 28.1. The van der Waals surface area contributed by atoms with Gasteiger partial charge in [0.25, 0.3) is 0 Å².